The van der Waals surface area contributed by atoms with Crippen molar-refractivity contribution in [1.82, 2.24) is 9.80 Å². The molecule has 0 aliphatic carbocycles. The number of nitrogens with two attached hydrogens (primary N) is 1. The van der Waals surface area contributed by atoms with E-state index in [-0.39, 0.29) is 16.9 Å². The minimum atomic E-state index is -0.00868. The Bertz CT molecular complexity index is 440. The van der Waals surface area contributed by atoms with E-state index in [1.165, 1.54) is 13.1 Å². The zero-order valence-electron chi connectivity index (χ0n) is 10.9. The third-order valence-electron chi connectivity index (χ3n) is 5.27. The number of hydrogen-bond acceptors (Lipinski definition) is 4. The van der Waals surface area contributed by atoms with Crippen molar-refractivity contribution in [2.24, 2.45) is 11.1 Å². The molecule has 0 aromatic carbocycles. The monoisotopic (exact) mass is 247 g/mol. The minimum absolute atomic E-state index is 0.00868. The smallest absolute Gasteiger partial charge is 0.114 e. The zero-order valence-corrected chi connectivity index (χ0v) is 10.9. The van der Waals surface area contributed by atoms with Crippen LogP contribution in [0.25, 0.3) is 0 Å². The summed E-state index contributed by atoms with van der Waals surface area (Å²) in [5, 5.41) is 0. The van der Waals surface area contributed by atoms with Crippen LogP contribution in [0.5, 0.6) is 0 Å². The lowest BCUT2D eigenvalue weighted by Gasteiger charge is -2.58. The van der Waals surface area contributed by atoms with Gasteiger partial charge in [-0.1, -0.05) is 6.92 Å². The van der Waals surface area contributed by atoms with E-state index in [2.05, 4.69) is 22.8 Å². The Kier molecular flexibility index (Phi) is 2.07. The van der Waals surface area contributed by atoms with Gasteiger partial charge in [-0.15, -0.1) is 0 Å². The number of fused-ring (bicyclic) bond motifs is 1. The van der Waals surface area contributed by atoms with Crippen molar-refractivity contribution in [2.45, 2.75) is 18.4 Å². The number of rotatable bonds is 1. The van der Waals surface area contributed by atoms with Crippen LogP contribution in [0.1, 0.15) is 12.7 Å². The number of nitrogens with zero attached hydrogens (tertiary/aromatic N) is 2. The van der Waals surface area contributed by atoms with Crippen molar-refractivity contribution in [3.63, 3.8) is 0 Å². The van der Waals surface area contributed by atoms with E-state index in [0.717, 1.165) is 31.9 Å². The summed E-state index contributed by atoms with van der Waals surface area (Å²) in [6, 6.07) is 4.30. The summed E-state index contributed by atoms with van der Waals surface area (Å²) in [7, 11) is 0. The molecule has 18 heavy (non-hydrogen) atoms. The van der Waals surface area contributed by atoms with E-state index < -0.39 is 0 Å². The molecule has 1 aromatic heterocycles. The van der Waals surface area contributed by atoms with E-state index in [0.29, 0.717) is 0 Å². The molecule has 0 radical (unpaired) electrons. The molecule has 3 unspecified atom stereocenters. The summed E-state index contributed by atoms with van der Waals surface area (Å²) in [4.78, 5) is 5.16. The quantitative estimate of drug-likeness (QED) is 0.785. The molecule has 4 saturated heterocycles. The standard InChI is InChI=1S/C14H21N3O/c1-13-7-16-4-5-17(8-13)10-14(9-16,12(13)15)11-3-2-6-18-11/h2-3,6,12H,4-5,7-10,15H2,1H3. The topological polar surface area (TPSA) is 45.6 Å². The summed E-state index contributed by atoms with van der Waals surface area (Å²) < 4.78 is 5.76. The van der Waals surface area contributed by atoms with E-state index in [9.17, 15) is 0 Å². The fraction of sp³-hybridized carbons (Fsp3) is 0.714. The summed E-state index contributed by atoms with van der Waals surface area (Å²) >= 11 is 0. The molecule has 98 valence electrons. The molecule has 0 saturated carbocycles. The molecule has 4 fully saturated rings. The lowest BCUT2D eigenvalue weighted by molar-refractivity contribution is -0.0349. The highest BCUT2D eigenvalue weighted by atomic mass is 16.3. The summed E-state index contributed by atoms with van der Waals surface area (Å²) in [5.74, 6) is 1.08. The van der Waals surface area contributed by atoms with Crippen molar-refractivity contribution < 1.29 is 4.42 Å². The van der Waals surface area contributed by atoms with Gasteiger partial charge in [0.15, 0.2) is 0 Å². The molecule has 2 N–H and O–H groups in total. The molecule has 4 aliphatic rings. The molecule has 4 aliphatic heterocycles. The second-order valence-corrected chi connectivity index (χ2v) is 6.69. The van der Waals surface area contributed by atoms with E-state index in [1.54, 1.807) is 6.26 Å². The molecule has 4 nitrogen and oxygen atoms in total. The van der Waals surface area contributed by atoms with Gasteiger partial charge in [-0.3, -0.25) is 0 Å². The largest absolute Gasteiger partial charge is 0.469 e. The van der Waals surface area contributed by atoms with Crippen LogP contribution in [0.4, 0.5) is 0 Å². The Morgan fingerprint density at radius 2 is 1.89 bits per heavy atom. The van der Waals surface area contributed by atoms with Crippen LogP contribution in [-0.4, -0.2) is 55.1 Å². The molecule has 5 rings (SSSR count). The third-order valence-corrected chi connectivity index (χ3v) is 5.27. The third kappa shape index (κ3) is 1.26. The number of piperidine rings is 2. The average Bonchev–Trinajstić information content (AvgIpc) is 2.75. The molecule has 0 spiro atoms. The van der Waals surface area contributed by atoms with Crippen LogP contribution < -0.4 is 5.73 Å². The van der Waals surface area contributed by atoms with Crippen molar-refractivity contribution >= 4 is 0 Å². The molecule has 1 aromatic rings. The second kappa shape index (κ2) is 3.38. The van der Waals surface area contributed by atoms with Gasteiger partial charge in [-0.05, 0) is 12.1 Å². The zero-order chi connectivity index (χ0) is 12.4. The molecule has 4 heteroatoms. The predicted octanol–water partition coefficient (Wildman–Crippen LogP) is 0.496. The van der Waals surface area contributed by atoms with E-state index in [1.807, 2.05) is 6.07 Å². The summed E-state index contributed by atoms with van der Waals surface area (Å²) in [6.45, 7) is 9.05. The van der Waals surface area contributed by atoms with Crippen molar-refractivity contribution in [1.29, 1.82) is 0 Å². The first-order chi connectivity index (χ1) is 8.62. The maximum Gasteiger partial charge on any atom is 0.114 e. The first kappa shape index (κ1) is 11.0. The average molecular weight is 247 g/mol. The minimum Gasteiger partial charge on any atom is -0.469 e. The predicted molar refractivity (Wildman–Crippen MR) is 69.3 cm³/mol. The van der Waals surface area contributed by atoms with Gasteiger partial charge in [0, 0.05) is 50.7 Å². The van der Waals surface area contributed by atoms with Crippen molar-refractivity contribution in [2.75, 3.05) is 39.3 Å². The maximum atomic E-state index is 6.68. The van der Waals surface area contributed by atoms with Gasteiger partial charge >= 0.3 is 0 Å². The van der Waals surface area contributed by atoms with Gasteiger partial charge in [-0.25, -0.2) is 0 Å². The SMILES string of the molecule is CC12CN3CCN(C1)CC(c1ccco1)(C3)C2N. The number of furan rings is 1. The Morgan fingerprint density at radius 3 is 2.44 bits per heavy atom. The maximum absolute atomic E-state index is 6.68. The van der Waals surface area contributed by atoms with Gasteiger partial charge in [0.1, 0.15) is 5.76 Å². The van der Waals surface area contributed by atoms with Crippen LogP contribution in [-0.2, 0) is 5.41 Å². The number of hydrogen-bond donors (Lipinski definition) is 1. The lowest BCUT2D eigenvalue weighted by atomic mass is 9.60. The molecule has 0 amide bonds. The van der Waals surface area contributed by atoms with Crippen LogP contribution in [0.15, 0.2) is 22.8 Å². The van der Waals surface area contributed by atoms with E-state index in [4.69, 9.17) is 10.2 Å². The highest BCUT2D eigenvalue weighted by Crippen LogP contribution is 2.47. The van der Waals surface area contributed by atoms with Gasteiger partial charge in [-0.2, -0.15) is 0 Å². The molecule has 3 atom stereocenters. The Labute approximate surface area is 108 Å². The van der Waals surface area contributed by atoms with Gasteiger partial charge in [0.05, 0.1) is 11.7 Å². The fourth-order valence-electron chi connectivity index (χ4n) is 4.56. The molecular formula is C14H21N3O. The van der Waals surface area contributed by atoms with Crippen LogP contribution >= 0.6 is 0 Å². The highest BCUT2D eigenvalue weighted by Gasteiger charge is 2.60. The lowest BCUT2D eigenvalue weighted by Crippen LogP contribution is -2.73. The van der Waals surface area contributed by atoms with Crippen LogP contribution in [0.2, 0.25) is 0 Å². The van der Waals surface area contributed by atoms with Gasteiger partial charge < -0.3 is 20.0 Å². The molecular weight excluding hydrogens is 226 g/mol. The van der Waals surface area contributed by atoms with E-state index >= 15 is 0 Å². The van der Waals surface area contributed by atoms with Crippen molar-refractivity contribution in [3.8, 4) is 0 Å². The first-order valence-electron chi connectivity index (χ1n) is 6.87. The Hall–Kier alpha value is -0.840. The Balaban J connectivity index is 1.87. The first-order valence-corrected chi connectivity index (χ1v) is 6.87. The van der Waals surface area contributed by atoms with Gasteiger partial charge in [0.2, 0.25) is 0 Å². The molecule has 5 heterocycles. The summed E-state index contributed by atoms with van der Waals surface area (Å²) in [6.07, 6.45) is 1.78. The fourth-order valence-corrected chi connectivity index (χ4v) is 4.56. The molecule has 4 bridgehead atoms. The normalized spacial score (nSPS) is 50.4. The van der Waals surface area contributed by atoms with Crippen LogP contribution in [0.3, 0.4) is 0 Å². The highest BCUT2D eigenvalue weighted by molar-refractivity contribution is 5.28. The summed E-state index contributed by atoms with van der Waals surface area (Å²) in [5.41, 5.74) is 6.87. The van der Waals surface area contributed by atoms with Gasteiger partial charge in [0.25, 0.3) is 0 Å². The second-order valence-electron chi connectivity index (χ2n) is 6.69. The van der Waals surface area contributed by atoms with Crippen molar-refractivity contribution in [3.05, 3.63) is 24.2 Å². The Morgan fingerprint density at radius 1 is 1.22 bits per heavy atom. The van der Waals surface area contributed by atoms with Crippen LogP contribution in [0, 0.1) is 5.41 Å².